The van der Waals surface area contributed by atoms with Gasteiger partial charge in [-0.15, -0.1) is 0 Å². The Morgan fingerprint density at radius 2 is 1.84 bits per heavy atom. The van der Waals surface area contributed by atoms with E-state index in [4.69, 9.17) is 19.2 Å². The maximum Gasteiger partial charge on any atom is 0.187 e. The van der Waals surface area contributed by atoms with E-state index in [1.165, 1.54) is 0 Å². The van der Waals surface area contributed by atoms with Gasteiger partial charge in [0, 0.05) is 29.1 Å². The molecular formula is C23H35NO8. The van der Waals surface area contributed by atoms with E-state index in [9.17, 15) is 20.4 Å². The van der Waals surface area contributed by atoms with Gasteiger partial charge in [-0.3, -0.25) is 0 Å². The first-order valence-electron chi connectivity index (χ1n) is 12.1. The molecule has 9 heteroatoms. The minimum atomic E-state index is -1.45. The number of aliphatic hydroxyl groups excluding tert-OH is 4. The van der Waals surface area contributed by atoms with Crippen molar-refractivity contribution in [2.24, 2.45) is 33.6 Å². The molecular weight excluding hydrogens is 418 g/mol. The van der Waals surface area contributed by atoms with Crippen molar-refractivity contribution in [2.75, 3.05) is 6.61 Å². The normalized spacial score (nSPS) is 62.0. The summed E-state index contributed by atoms with van der Waals surface area (Å²) in [4.78, 5) is 16.9. The molecule has 0 aromatic rings. The average molecular weight is 454 g/mol. The number of nitrogens with zero attached hydrogens (tertiary/aromatic N) is 1. The monoisotopic (exact) mass is 453 g/mol. The highest BCUT2D eigenvalue weighted by molar-refractivity contribution is 5.81. The van der Waals surface area contributed by atoms with Crippen molar-refractivity contribution in [3.05, 3.63) is 0 Å². The van der Waals surface area contributed by atoms with Crippen LogP contribution in [0.15, 0.2) is 4.99 Å². The zero-order valence-corrected chi connectivity index (χ0v) is 18.9. The Morgan fingerprint density at radius 3 is 2.59 bits per heavy atom. The van der Waals surface area contributed by atoms with Gasteiger partial charge in [0.1, 0.15) is 42.2 Å². The van der Waals surface area contributed by atoms with E-state index in [0.29, 0.717) is 24.2 Å². The van der Waals surface area contributed by atoms with E-state index in [-0.39, 0.29) is 29.0 Å². The molecule has 7 rings (SSSR count). The number of rotatable bonds is 2. The van der Waals surface area contributed by atoms with Crippen LogP contribution in [0.1, 0.15) is 52.9 Å². The van der Waals surface area contributed by atoms with Gasteiger partial charge in [-0.2, -0.15) is 0 Å². The van der Waals surface area contributed by atoms with Crippen molar-refractivity contribution in [1.29, 1.82) is 0 Å². The Morgan fingerprint density at radius 1 is 1.06 bits per heavy atom. The van der Waals surface area contributed by atoms with Crippen LogP contribution in [0, 0.1) is 28.6 Å². The lowest BCUT2D eigenvalue weighted by Gasteiger charge is -2.77. The van der Waals surface area contributed by atoms with Crippen LogP contribution in [-0.4, -0.2) is 81.4 Å². The molecule has 13 atom stereocenters. The topological polar surface area (TPSA) is 130 Å². The van der Waals surface area contributed by atoms with E-state index in [2.05, 4.69) is 25.8 Å². The molecule has 4 saturated carbocycles. The molecule has 9 nitrogen and oxygen atoms in total. The van der Waals surface area contributed by atoms with Crippen molar-refractivity contribution in [3.63, 3.8) is 0 Å². The fourth-order valence-electron chi connectivity index (χ4n) is 8.41. The smallest absolute Gasteiger partial charge is 0.187 e. The number of hydrogen-bond donors (Lipinski definition) is 4. The molecule has 4 N–H and O–H groups in total. The number of ether oxygens (including phenoxy) is 2. The van der Waals surface area contributed by atoms with Crippen molar-refractivity contribution < 1.29 is 39.7 Å². The van der Waals surface area contributed by atoms with Gasteiger partial charge in [-0.1, -0.05) is 13.8 Å². The molecule has 0 amide bonds. The molecule has 0 aromatic heterocycles. The lowest BCUT2D eigenvalue weighted by Crippen LogP contribution is -2.81. The third-order valence-electron chi connectivity index (χ3n) is 10.1. The van der Waals surface area contributed by atoms with E-state index in [1.807, 2.05) is 0 Å². The van der Waals surface area contributed by atoms with Gasteiger partial charge in [0.25, 0.3) is 0 Å². The summed E-state index contributed by atoms with van der Waals surface area (Å²) in [6.07, 6.45) is -0.505. The van der Waals surface area contributed by atoms with Crippen LogP contribution >= 0.6 is 0 Å². The third-order valence-corrected chi connectivity index (χ3v) is 10.1. The van der Waals surface area contributed by atoms with E-state index < -0.39 is 42.9 Å². The lowest BCUT2D eigenvalue weighted by atomic mass is 9.30. The summed E-state index contributed by atoms with van der Waals surface area (Å²) in [6.45, 7) is 6.01. The molecule has 0 radical (unpaired) electrons. The predicted octanol–water partition coefficient (Wildman–Crippen LogP) is 0.525. The molecule has 3 bridgehead atoms. The van der Waals surface area contributed by atoms with Crippen molar-refractivity contribution in [2.45, 2.75) is 101 Å². The van der Waals surface area contributed by atoms with Gasteiger partial charge in [-0.25, -0.2) is 14.8 Å². The molecule has 180 valence electrons. The number of aliphatic imine (C=N–C) groups is 1. The number of fused-ring (bicyclic) bond motifs is 4. The maximum absolute atomic E-state index is 10.6. The highest BCUT2D eigenvalue weighted by Gasteiger charge is 2.83. The zero-order valence-electron chi connectivity index (χ0n) is 18.9. The van der Waals surface area contributed by atoms with E-state index in [0.717, 1.165) is 25.7 Å². The fraction of sp³-hybridized carbons (Fsp3) is 0.957. The summed E-state index contributed by atoms with van der Waals surface area (Å²) < 4.78 is 11.9. The van der Waals surface area contributed by atoms with Crippen LogP contribution in [0.4, 0.5) is 0 Å². The standard InChI is InChI=1S/C23H35NO8/c1-10-4-5-23-11(2)18(24-14-16(27)15(26)13(9-25)30-19(14)28)29-12-8-21(3)6-7-22(10,17(12)23)20(23)31-32-21/h10-17,19-20,25-28H,4-9H2,1-3H3/b24-18+/t10-,11+,12-,13+,14?,15+,16+,17?,19-,20?,21+,22?,23?/m1/s1. The van der Waals surface area contributed by atoms with Gasteiger partial charge in [0.15, 0.2) is 12.2 Å². The van der Waals surface area contributed by atoms with Gasteiger partial charge < -0.3 is 29.9 Å². The van der Waals surface area contributed by atoms with Gasteiger partial charge in [0.2, 0.25) is 0 Å². The molecule has 7 fully saturated rings. The molecule has 2 spiro atoms. The Balaban J connectivity index is 1.39. The summed E-state index contributed by atoms with van der Waals surface area (Å²) in [7, 11) is 0. The van der Waals surface area contributed by atoms with Crippen molar-refractivity contribution in [3.8, 4) is 0 Å². The minimum Gasteiger partial charge on any atom is -0.477 e. The summed E-state index contributed by atoms with van der Waals surface area (Å²) >= 11 is 0. The maximum atomic E-state index is 10.6. The van der Waals surface area contributed by atoms with Gasteiger partial charge >= 0.3 is 0 Å². The Labute approximate surface area is 187 Å². The second-order valence-electron chi connectivity index (χ2n) is 11.4. The SMILES string of the molecule is C[C@@H]1CCC23C4OO[C@@]5(C)CCC41C2[C@@H](C5)O/C(=N/C1[C@H](O)O[C@@H](CO)[C@H](O)[C@H]1O)[C@@H]3C. The highest BCUT2D eigenvalue weighted by Crippen LogP contribution is 2.79. The van der Waals surface area contributed by atoms with Crippen LogP contribution in [0.3, 0.4) is 0 Å². The molecule has 4 aliphatic carbocycles. The Kier molecular flexibility index (Phi) is 4.66. The molecule has 5 unspecified atom stereocenters. The first kappa shape index (κ1) is 21.7. The van der Waals surface area contributed by atoms with E-state index >= 15 is 0 Å². The third kappa shape index (κ3) is 2.46. The molecule has 3 saturated heterocycles. The van der Waals surface area contributed by atoms with E-state index in [1.54, 1.807) is 0 Å². The van der Waals surface area contributed by atoms with Crippen LogP contribution < -0.4 is 0 Å². The van der Waals surface area contributed by atoms with Crippen LogP contribution in [-0.2, 0) is 19.2 Å². The average Bonchev–Trinajstić information content (AvgIpc) is 2.95. The van der Waals surface area contributed by atoms with Gasteiger partial charge in [0.05, 0.1) is 6.61 Å². The Hall–Kier alpha value is -0.810. The summed E-state index contributed by atoms with van der Waals surface area (Å²) in [6, 6.07) is -1.10. The Bertz CT molecular complexity index is 824. The quantitative estimate of drug-likeness (QED) is 0.446. The molecule has 3 heterocycles. The van der Waals surface area contributed by atoms with Crippen molar-refractivity contribution in [1.82, 2.24) is 0 Å². The fourth-order valence-corrected chi connectivity index (χ4v) is 8.41. The number of hydrogen-bond acceptors (Lipinski definition) is 9. The predicted molar refractivity (Wildman–Crippen MR) is 110 cm³/mol. The first-order valence-corrected chi connectivity index (χ1v) is 12.1. The molecule has 7 aliphatic rings. The summed E-state index contributed by atoms with van der Waals surface area (Å²) in [5.74, 6) is 1.29. The molecule has 3 aliphatic heterocycles. The molecule has 0 aromatic carbocycles. The number of aliphatic hydroxyl groups is 4. The van der Waals surface area contributed by atoms with Crippen LogP contribution in [0.2, 0.25) is 0 Å². The lowest BCUT2D eigenvalue weighted by molar-refractivity contribution is -0.482. The van der Waals surface area contributed by atoms with Crippen LogP contribution in [0.25, 0.3) is 0 Å². The second kappa shape index (κ2) is 6.87. The highest BCUT2D eigenvalue weighted by atomic mass is 17.2. The first-order chi connectivity index (χ1) is 15.2. The van der Waals surface area contributed by atoms with Gasteiger partial charge in [-0.05, 0) is 38.5 Å². The van der Waals surface area contributed by atoms with Crippen molar-refractivity contribution >= 4 is 5.90 Å². The summed E-state index contributed by atoms with van der Waals surface area (Å²) in [5.41, 5.74) is -0.523. The largest absolute Gasteiger partial charge is 0.477 e. The van der Waals surface area contributed by atoms with Crippen LogP contribution in [0.5, 0.6) is 0 Å². The minimum absolute atomic E-state index is 0.0284. The second-order valence-corrected chi connectivity index (χ2v) is 11.4. The molecule has 32 heavy (non-hydrogen) atoms. The zero-order chi connectivity index (χ0) is 22.6. The summed E-state index contributed by atoms with van der Waals surface area (Å²) in [5, 5.41) is 40.8.